The zero-order valence-electron chi connectivity index (χ0n) is 7.30. The summed E-state index contributed by atoms with van der Waals surface area (Å²) in [6.07, 6.45) is -0.607. The minimum absolute atomic E-state index is 0.176. The average molecular weight is 255 g/mol. The van der Waals surface area contributed by atoms with Gasteiger partial charge >= 0.3 is 0 Å². The molecule has 14 heavy (non-hydrogen) atoms. The second-order valence-electron chi connectivity index (χ2n) is 2.79. The van der Waals surface area contributed by atoms with Crippen LogP contribution in [-0.2, 0) is 0 Å². The fourth-order valence-corrected chi connectivity index (χ4v) is 1.58. The summed E-state index contributed by atoms with van der Waals surface area (Å²) in [5.41, 5.74) is 0.625. The van der Waals surface area contributed by atoms with Crippen LogP contribution >= 0.6 is 34.8 Å². The summed E-state index contributed by atoms with van der Waals surface area (Å²) < 4.78 is 0. The third-order valence-corrected chi connectivity index (χ3v) is 2.64. The molecule has 0 bridgehead atoms. The van der Waals surface area contributed by atoms with E-state index in [-0.39, 0.29) is 5.88 Å². The summed E-state index contributed by atoms with van der Waals surface area (Å²) in [6.45, 7) is 0.326. The molecule has 0 saturated carbocycles. The predicted molar refractivity (Wildman–Crippen MR) is 61.7 cm³/mol. The SMILES string of the molecule is OC(CCl)CNc1c(Cl)cccc1Cl. The molecule has 0 amide bonds. The van der Waals surface area contributed by atoms with E-state index in [9.17, 15) is 5.11 Å². The van der Waals surface area contributed by atoms with Gasteiger partial charge < -0.3 is 10.4 Å². The second kappa shape index (κ2) is 5.66. The van der Waals surface area contributed by atoms with Gasteiger partial charge in [-0.15, -0.1) is 11.6 Å². The van der Waals surface area contributed by atoms with Crippen LogP contribution in [0.4, 0.5) is 5.69 Å². The van der Waals surface area contributed by atoms with Gasteiger partial charge in [0.1, 0.15) is 0 Å². The van der Waals surface area contributed by atoms with Gasteiger partial charge in [0.15, 0.2) is 0 Å². The number of hydrogen-bond acceptors (Lipinski definition) is 2. The van der Waals surface area contributed by atoms with Crippen molar-refractivity contribution in [3.8, 4) is 0 Å². The van der Waals surface area contributed by atoms with Gasteiger partial charge in [-0.25, -0.2) is 0 Å². The Kier molecular flexibility index (Phi) is 4.82. The molecule has 1 unspecified atom stereocenters. The van der Waals surface area contributed by atoms with Gasteiger partial charge in [-0.2, -0.15) is 0 Å². The second-order valence-corrected chi connectivity index (χ2v) is 3.91. The largest absolute Gasteiger partial charge is 0.390 e. The third kappa shape index (κ3) is 3.21. The van der Waals surface area contributed by atoms with E-state index in [2.05, 4.69) is 5.32 Å². The minimum atomic E-state index is -0.607. The summed E-state index contributed by atoms with van der Waals surface area (Å²) in [7, 11) is 0. The van der Waals surface area contributed by atoms with E-state index in [4.69, 9.17) is 34.8 Å². The first-order valence-electron chi connectivity index (χ1n) is 4.07. The fourth-order valence-electron chi connectivity index (χ4n) is 0.941. The van der Waals surface area contributed by atoms with E-state index in [1.54, 1.807) is 18.2 Å². The van der Waals surface area contributed by atoms with Crippen molar-refractivity contribution in [2.24, 2.45) is 0 Å². The Balaban J connectivity index is 2.66. The highest BCUT2D eigenvalue weighted by molar-refractivity contribution is 6.39. The molecule has 0 spiro atoms. The van der Waals surface area contributed by atoms with E-state index in [0.29, 0.717) is 22.3 Å². The number of aliphatic hydroxyl groups excluding tert-OH is 1. The van der Waals surface area contributed by atoms with Crippen molar-refractivity contribution in [2.75, 3.05) is 17.7 Å². The molecule has 0 aliphatic rings. The molecule has 0 aliphatic carbocycles. The number of para-hydroxylation sites is 1. The first kappa shape index (κ1) is 11.9. The van der Waals surface area contributed by atoms with Crippen LogP contribution in [0, 0.1) is 0 Å². The first-order valence-corrected chi connectivity index (χ1v) is 5.36. The van der Waals surface area contributed by atoms with Gasteiger partial charge in [0.2, 0.25) is 0 Å². The number of rotatable bonds is 4. The van der Waals surface area contributed by atoms with Crippen molar-refractivity contribution in [1.29, 1.82) is 0 Å². The van der Waals surface area contributed by atoms with E-state index < -0.39 is 6.10 Å². The highest BCUT2D eigenvalue weighted by Gasteiger charge is 2.07. The molecule has 2 N–H and O–H groups in total. The smallest absolute Gasteiger partial charge is 0.0847 e. The number of nitrogens with one attached hydrogen (secondary N) is 1. The Bertz CT molecular complexity index is 286. The Hall–Kier alpha value is -0.150. The van der Waals surface area contributed by atoms with Crippen molar-refractivity contribution in [2.45, 2.75) is 6.10 Å². The highest BCUT2D eigenvalue weighted by atomic mass is 35.5. The molecule has 0 aliphatic heterocycles. The highest BCUT2D eigenvalue weighted by Crippen LogP contribution is 2.29. The lowest BCUT2D eigenvalue weighted by molar-refractivity contribution is 0.211. The van der Waals surface area contributed by atoms with Crippen molar-refractivity contribution in [3.63, 3.8) is 0 Å². The van der Waals surface area contributed by atoms with Gasteiger partial charge in [-0.05, 0) is 12.1 Å². The molecule has 1 aromatic rings. The van der Waals surface area contributed by atoms with Crippen LogP contribution in [0.15, 0.2) is 18.2 Å². The summed E-state index contributed by atoms with van der Waals surface area (Å²) in [5.74, 6) is 0.176. The number of aliphatic hydroxyl groups is 1. The van der Waals surface area contributed by atoms with Crippen molar-refractivity contribution in [3.05, 3.63) is 28.2 Å². The number of halogens is 3. The quantitative estimate of drug-likeness (QED) is 0.810. The molecule has 0 saturated heterocycles. The molecule has 5 heteroatoms. The molecular formula is C9H10Cl3NO. The van der Waals surface area contributed by atoms with Crippen LogP contribution in [0.1, 0.15) is 0 Å². The van der Waals surface area contributed by atoms with Gasteiger partial charge in [0, 0.05) is 6.54 Å². The predicted octanol–water partition coefficient (Wildman–Crippen LogP) is 3.01. The molecule has 1 aromatic carbocycles. The molecular weight excluding hydrogens is 244 g/mol. The zero-order chi connectivity index (χ0) is 10.6. The fraction of sp³-hybridized carbons (Fsp3) is 0.333. The normalized spacial score (nSPS) is 12.6. The minimum Gasteiger partial charge on any atom is -0.390 e. The van der Waals surface area contributed by atoms with Crippen LogP contribution in [0.3, 0.4) is 0 Å². The summed E-state index contributed by atoms with van der Waals surface area (Å²) in [6, 6.07) is 5.21. The van der Waals surface area contributed by atoms with E-state index in [0.717, 1.165) is 0 Å². The molecule has 1 atom stereocenters. The molecule has 0 fully saturated rings. The number of alkyl halides is 1. The Morgan fingerprint density at radius 1 is 1.29 bits per heavy atom. The van der Waals surface area contributed by atoms with Crippen molar-refractivity contribution >= 4 is 40.5 Å². The monoisotopic (exact) mass is 253 g/mol. The number of benzene rings is 1. The lowest BCUT2D eigenvalue weighted by atomic mass is 10.3. The van der Waals surface area contributed by atoms with Crippen molar-refractivity contribution in [1.82, 2.24) is 0 Å². The standard InChI is InChI=1S/C9H10Cl3NO/c10-4-6(14)5-13-9-7(11)2-1-3-8(9)12/h1-3,6,13-14H,4-5H2. The zero-order valence-corrected chi connectivity index (χ0v) is 9.57. The molecule has 0 heterocycles. The Morgan fingerprint density at radius 3 is 2.36 bits per heavy atom. The van der Waals surface area contributed by atoms with Crippen molar-refractivity contribution < 1.29 is 5.11 Å². The maximum atomic E-state index is 9.22. The third-order valence-electron chi connectivity index (χ3n) is 1.66. The summed E-state index contributed by atoms with van der Waals surface area (Å²) in [5, 5.41) is 13.2. The molecule has 2 nitrogen and oxygen atoms in total. The first-order chi connectivity index (χ1) is 6.65. The van der Waals surface area contributed by atoms with Gasteiger partial charge in [-0.1, -0.05) is 29.3 Å². The average Bonchev–Trinajstić information content (AvgIpc) is 2.16. The molecule has 78 valence electrons. The lowest BCUT2D eigenvalue weighted by Gasteiger charge is -2.12. The maximum absolute atomic E-state index is 9.22. The van der Waals surface area contributed by atoms with Crippen LogP contribution < -0.4 is 5.32 Å². The number of anilines is 1. The Labute approximate surface area is 97.8 Å². The van der Waals surface area contributed by atoms with Gasteiger partial charge in [-0.3, -0.25) is 0 Å². The van der Waals surface area contributed by atoms with Crippen LogP contribution in [-0.4, -0.2) is 23.6 Å². The summed E-state index contributed by atoms with van der Waals surface area (Å²) >= 11 is 17.2. The van der Waals surface area contributed by atoms with E-state index in [1.165, 1.54) is 0 Å². The lowest BCUT2D eigenvalue weighted by Crippen LogP contribution is -2.21. The molecule has 0 aromatic heterocycles. The van der Waals surface area contributed by atoms with Crippen LogP contribution in [0.5, 0.6) is 0 Å². The van der Waals surface area contributed by atoms with Gasteiger partial charge in [0.25, 0.3) is 0 Å². The van der Waals surface area contributed by atoms with Gasteiger partial charge in [0.05, 0.1) is 27.7 Å². The van der Waals surface area contributed by atoms with Crippen LogP contribution in [0.25, 0.3) is 0 Å². The maximum Gasteiger partial charge on any atom is 0.0847 e. The summed E-state index contributed by atoms with van der Waals surface area (Å²) in [4.78, 5) is 0. The molecule has 0 radical (unpaired) electrons. The number of hydrogen-bond donors (Lipinski definition) is 2. The molecule has 1 rings (SSSR count). The van der Waals surface area contributed by atoms with E-state index >= 15 is 0 Å². The van der Waals surface area contributed by atoms with Crippen LogP contribution in [0.2, 0.25) is 10.0 Å². The topological polar surface area (TPSA) is 32.3 Å². The van der Waals surface area contributed by atoms with E-state index in [1.807, 2.05) is 0 Å². The Morgan fingerprint density at radius 2 is 1.86 bits per heavy atom.